The van der Waals surface area contributed by atoms with Crippen molar-refractivity contribution in [2.75, 3.05) is 0 Å². The number of nitrogens with zero attached hydrogens (tertiary/aromatic N) is 1. The van der Waals surface area contributed by atoms with Crippen molar-refractivity contribution >= 4 is 40.1 Å². The van der Waals surface area contributed by atoms with E-state index in [0.717, 1.165) is 12.1 Å². The van der Waals surface area contributed by atoms with Gasteiger partial charge in [0.05, 0.1) is 11.4 Å². The predicted molar refractivity (Wildman–Crippen MR) is 172 cm³/mol. The number of aliphatic imine (C=N–C) groups is 1. The van der Waals surface area contributed by atoms with Crippen LogP contribution < -0.4 is 15.6 Å². The van der Waals surface area contributed by atoms with Crippen LogP contribution in [-0.2, 0) is 6.42 Å². The molecule has 6 aromatic rings. The molecule has 192 valence electrons. The van der Waals surface area contributed by atoms with Crippen molar-refractivity contribution in [1.82, 2.24) is 0 Å². The highest BCUT2D eigenvalue weighted by Crippen LogP contribution is 2.32. The van der Waals surface area contributed by atoms with Crippen molar-refractivity contribution < 1.29 is 0 Å². The quantitative estimate of drug-likeness (QED) is 0.176. The lowest BCUT2D eigenvalue weighted by Crippen LogP contribution is -2.74. The third-order valence-electron chi connectivity index (χ3n) is 8.53. The van der Waals surface area contributed by atoms with E-state index in [4.69, 9.17) is 4.99 Å². The van der Waals surface area contributed by atoms with Gasteiger partial charge in [0.1, 0.15) is 0 Å². The maximum absolute atomic E-state index is 5.88. The van der Waals surface area contributed by atoms with Crippen LogP contribution in [0.2, 0.25) is 0 Å². The van der Waals surface area contributed by atoms with E-state index >= 15 is 0 Å². The number of benzene rings is 6. The van der Waals surface area contributed by atoms with Gasteiger partial charge in [-0.2, -0.15) is 0 Å². The maximum Gasteiger partial charge on any atom is 0.174 e. The summed E-state index contributed by atoms with van der Waals surface area (Å²) >= 11 is 0. The van der Waals surface area contributed by atoms with Gasteiger partial charge in [0.2, 0.25) is 0 Å². The Morgan fingerprint density at radius 3 is 1.70 bits per heavy atom. The first-order valence-electron chi connectivity index (χ1n) is 14.1. The van der Waals surface area contributed by atoms with Crippen molar-refractivity contribution in [2.45, 2.75) is 19.0 Å². The van der Waals surface area contributed by atoms with Gasteiger partial charge in [-0.3, -0.25) is 4.99 Å². The van der Waals surface area contributed by atoms with E-state index in [1.54, 1.807) is 0 Å². The average Bonchev–Trinajstić information content (AvgIpc) is 3.03. The SMILES string of the molecule is Cc1ccc2ccccc2c1C1=NC([Si](c2ccccc2)(c2ccccc2)c2ccccc2)Cc2ccccc21. The van der Waals surface area contributed by atoms with Crippen LogP contribution in [0.3, 0.4) is 0 Å². The summed E-state index contributed by atoms with van der Waals surface area (Å²) in [6.07, 6.45) is 0.911. The first-order chi connectivity index (χ1) is 19.8. The third kappa shape index (κ3) is 3.95. The van der Waals surface area contributed by atoms with Crippen LogP contribution in [0, 0.1) is 6.92 Å². The molecule has 1 heterocycles. The Hall–Kier alpha value is -4.53. The molecule has 0 aliphatic carbocycles. The van der Waals surface area contributed by atoms with E-state index in [1.165, 1.54) is 48.6 Å². The molecular weight excluding hydrogens is 499 g/mol. The lowest BCUT2D eigenvalue weighted by Gasteiger charge is -2.41. The second kappa shape index (κ2) is 10.2. The van der Waals surface area contributed by atoms with Gasteiger partial charge in [0.15, 0.2) is 8.07 Å². The summed E-state index contributed by atoms with van der Waals surface area (Å²) in [4.78, 5) is 5.88. The fourth-order valence-electron chi connectivity index (χ4n) is 6.73. The minimum Gasteiger partial charge on any atom is -0.282 e. The number of rotatable bonds is 5. The molecule has 1 atom stereocenters. The highest BCUT2D eigenvalue weighted by Gasteiger charge is 2.48. The molecular formula is C38H31NSi. The molecule has 0 saturated carbocycles. The molecule has 0 aromatic heterocycles. The fraction of sp³-hybridized carbons (Fsp3) is 0.0789. The maximum atomic E-state index is 5.88. The van der Waals surface area contributed by atoms with Gasteiger partial charge in [-0.15, -0.1) is 0 Å². The summed E-state index contributed by atoms with van der Waals surface area (Å²) in [6, 6.07) is 55.7. The first kappa shape index (κ1) is 24.5. The van der Waals surface area contributed by atoms with Crippen molar-refractivity contribution in [1.29, 1.82) is 0 Å². The molecule has 40 heavy (non-hydrogen) atoms. The minimum atomic E-state index is -2.64. The Kier molecular flexibility index (Phi) is 6.26. The Labute approximate surface area is 237 Å². The largest absolute Gasteiger partial charge is 0.282 e. The van der Waals surface area contributed by atoms with E-state index < -0.39 is 8.07 Å². The fourth-order valence-corrected chi connectivity index (χ4v) is 11.9. The van der Waals surface area contributed by atoms with Gasteiger partial charge >= 0.3 is 0 Å². The standard InChI is InChI=1S/C38H31NSi/c1-28-25-26-29-15-11-13-23-34(29)37(28)38-35-24-14-12-16-30(35)27-36(39-38)40(31-17-5-2-6-18-31,32-19-7-3-8-20-32)33-21-9-4-10-22-33/h2-26,36H,27H2,1H3. The molecule has 1 unspecified atom stereocenters. The molecule has 0 N–H and O–H groups in total. The lowest BCUT2D eigenvalue weighted by molar-refractivity contribution is 0.847. The molecule has 0 radical (unpaired) electrons. The predicted octanol–water partition coefficient (Wildman–Crippen LogP) is 6.62. The molecule has 0 amide bonds. The van der Waals surface area contributed by atoms with E-state index in [2.05, 4.69) is 159 Å². The molecule has 0 saturated heterocycles. The van der Waals surface area contributed by atoms with Gasteiger partial charge in [0, 0.05) is 11.1 Å². The van der Waals surface area contributed by atoms with Gasteiger partial charge in [-0.05, 0) is 50.8 Å². The number of aryl methyl sites for hydroxylation is 1. The van der Waals surface area contributed by atoms with Crippen molar-refractivity contribution in [3.05, 3.63) is 174 Å². The van der Waals surface area contributed by atoms with Crippen LogP contribution in [0.1, 0.15) is 22.3 Å². The molecule has 7 rings (SSSR count). The first-order valence-corrected chi connectivity index (χ1v) is 16.2. The van der Waals surface area contributed by atoms with Crippen LogP contribution in [0.15, 0.2) is 157 Å². The molecule has 2 heteroatoms. The van der Waals surface area contributed by atoms with E-state index in [-0.39, 0.29) is 5.67 Å². The zero-order valence-electron chi connectivity index (χ0n) is 22.7. The van der Waals surface area contributed by atoms with Gasteiger partial charge in [-0.1, -0.05) is 152 Å². The molecule has 0 spiro atoms. The van der Waals surface area contributed by atoms with Crippen molar-refractivity contribution in [2.24, 2.45) is 4.99 Å². The summed E-state index contributed by atoms with van der Waals surface area (Å²) in [5.41, 5.74) is 6.37. The Balaban J connectivity index is 1.58. The summed E-state index contributed by atoms with van der Waals surface area (Å²) in [5, 5.41) is 6.71. The Morgan fingerprint density at radius 1 is 0.550 bits per heavy atom. The number of hydrogen-bond donors (Lipinski definition) is 0. The van der Waals surface area contributed by atoms with Gasteiger partial charge in [-0.25, -0.2) is 0 Å². The van der Waals surface area contributed by atoms with Crippen LogP contribution in [0.4, 0.5) is 0 Å². The molecule has 0 bridgehead atoms. The second-order valence-corrected chi connectivity index (χ2v) is 14.8. The van der Waals surface area contributed by atoms with E-state index in [0.29, 0.717) is 0 Å². The summed E-state index contributed by atoms with van der Waals surface area (Å²) in [5.74, 6) is 0. The molecule has 0 fully saturated rings. The zero-order chi connectivity index (χ0) is 26.9. The molecule has 6 aromatic carbocycles. The van der Waals surface area contributed by atoms with Crippen LogP contribution in [0.25, 0.3) is 10.8 Å². The summed E-state index contributed by atoms with van der Waals surface area (Å²) in [7, 11) is -2.64. The van der Waals surface area contributed by atoms with Crippen LogP contribution >= 0.6 is 0 Å². The van der Waals surface area contributed by atoms with Crippen LogP contribution in [-0.4, -0.2) is 19.5 Å². The zero-order valence-corrected chi connectivity index (χ0v) is 23.7. The average molecular weight is 530 g/mol. The van der Waals surface area contributed by atoms with Crippen molar-refractivity contribution in [3.8, 4) is 0 Å². The molecule has 1 aliphatic heterocycles. The minimum absolute atomic E-state index is 0.0861. The van der Waals surface area contributed by atoms with Crippen molar-refractivity contribution in [3.63, 3.8) is 0 Å². The van der Waals surface area contributed by atoms with E-state index in [9.17, 15) is 0 Å². The monoisotopic (exact) mass is 529 g/mol. The highest BCUT2D eigenvalue weighted by atomic mass is 28.3. The Bertz CT molecular complexity index is 1730. The van der Waals surface area contributed by atoms with Gasteiger partial charge in [0.25, 0.3) is 0 Å². The van der Waals surface area contributed by atoms with E-state index in [1.807, 2.05) is 0 Å². The number of hydrogen-bond acceptors (Lipinski definition) is 1. The summed E-state index contributed by atoms with van der Waals surface area (Å²) in [6.45, 7) is 2.23. The normalized spacial score (nSPS) is 14.9. The highest BCUT2D eigenvalue weighted by molar-refractivity contribution is 7.12. The Morgan fingerprint density at radius 2 is 1.07 bits per heavy atom. The van der Waals surface area contributed by atoms with Gasteiger partial charge < -0.3 is 0 Å². The lowest BCUT2D eigenvalue weighted by atomic mass is 9.88. The third-order valence-corrected chi connectivity index (χ3v) is 13.6. The van der Waals surface area contributed by atoms with Crippen LogP contribution in [0.5, 0.6) is 0 Å². The molecule has 1 aliphatic rings. The second-order valence-electron chi connectivity index (χ2n) is 10.7. The number of fused-ring (bicyclic) bond motifs is 2. The topological polar surface area (TPSA) is 12.4 Å². The molecule has 1 nitrogen and oxygen atoms in total. The smallest absolute Gasteiger partial charge is 0.174 e. The summed E-state index contributed by atoms with van der Waals surface area (Å²) < 4.78 is 0.